The molecular formula is C18H24ClN3O3S. The van der Waals surface area contributed by atoms with Gasteiger partial charge in [0.1, 0.15) is 0 Å². The number of nitrogens with zero attached hydrogens (tertiary/aromatic N) is 3. The summed E-state index contributed by atoms with van der Waals surface area (Å²) in [6.45, 7) is 7.61. The number of benzene rings is 1. The number of hydrogen-bond donors (Lipinski definition) is 1. The Hall–Kier alpha value is -1.12. The lowest BCUT2D eigenvalue weighted by Crippen LogP contribution is -2.41. The first-order valence-corrected chi connectivity index (χ1v) is 10.1. The molecule has 26 heavy (non-hydrogen) atoms. The first-order valence-electron chi connectivity index (χ1n) is 8.78. The van der Waals surface area contributed by atoms with Gasteiger partial charge in [-0.05, 0) is 32.0 Å². The van der Waals surface area contributed by atoms with Crippen LogP contribution in [0.1, 0.15) is 19.9 Å². The van der Waals surface area contributed by atoms with Gasteiger partial charge in [0.15, 0.2) is 5.16 Å². The molecule has 0 aliphatic carbocycles. The lowest BCUT2D eigenvalue weighted by Gasteiger charge is -2.28. The fourth-order valence-electron chi connectivity index (χ4n) is 3.01. The molecule has 0 amide bonds. The Bertz CT molecular complexity index is 821. The Labute approximate surface area is 162 Å². The Kier molecular flexibility index (Phi) is 6.58. The minimum atomic E-state index is -0.495. The molecule has 0 spiro atoms. The fraction of sp³-hybridized carbons (Fsp3) is 0.556. The van der Waals surface area contributed by atoms with Gasteiger partial charge < -0.3 is 9.84 Å². The maximum atomic E-state index is 12.8. The molecule has 1 atom stereocenters. The number of thioether (sulfide) groups is 1. The molecule has 8 heteroatoms. The van der Waals surface area contributed by atoms with Crippen molar-refractivity contribution in [1.29, 1.82) is 0 Å². The van der Waals surface area contributed by atoms with Crippen LogP contribution in [-0.4, -0.2) is 64.3 Å². The van der Waals surface area contributed by atoms with Crippen molar-refractivity contribution in [2.45, 2.75) is 31.1 Å². The van der Waals surface area contributed by atoms with E-state index in [0.29, 0.717) is 46.6 Å². The lowest BCUT2D eigenvalue weighted by molar-refractivity contribution is 0.0188. The third-order valence-corrected chi connectivity index (χ3v) is 5.66. The van der Waals surface area contributed by atoms with Gasteiger partial charge in [-0.25, -0.2) is 4.98 Å². The highest BCUT2D eigenvalue weighted by atomic mass is 35.5. The number of aromatic nitrogens is 2. The summed E-state index contributed by atoms with van der Waals surface area (Å²) in [6, 6.07) is 5.11. The number of ether oxygens (including phenoxy) is 1. The molecule has 142 valence electrons. The van der Waals surface area contributed by atoms with Gasteiger partial charge in [-0.1, -0.05) is 23.4 Å². The van der Waals surface area contributed by atoms with Gasteiger partial charge >= 0.3 is 0 Å². The summed E-state index contributed by atoms with van der Waals surface area (Å²) in [5.74, 6) is 0.475. The van der Waals surface area contributed by atoms with Crippen molar-refractivity contribution in [1.82, 2.24) is 14.5 Å². The van der Waals surface area contributed by atoms with Gasteiger partial charge in [0.2, 0.25) is 0 Å². The summed E-state index contributed by atoms with van der Waals surface area (Å²) >= 11 is 7.46. The number of hydrogen-bond acceptors (Lipinski definition) is 6. The van der Waals surface area contributed by atoms with Crippen LogP contribution in [0.2, 0.25) is 5.02 Å². The van der Waals surface area contributed by atoms with E-state index in [1.807, 2.05) is 13.8 Å². The second-order valence-corrected chi connectivity index (χ2v) is 8.13. The zero-order valence-corrected chi connectivity index (χ0v) is 16.6. The van der Waals surface area contributed by atoms with Crippen molar-refractivity contribution < 1.29 is 9.84 Å². The number of morpholine rings is 1. The Morgan fingerprint density at radius 2 is 2.08 bits per heavy atom. The van der Waals surface area contributed by atoms with Crippen LogP contribution in [0.5, 0.6) is 0 Å². The first kappa shape index (κ1) is 19.6. The second-order valence-electron chi connectivity index (χ2n) is 6.70. The number of aliphatic hydroxyl groups is 1. The number of fused-ring (bicyclic) bond motifs is 1. The zero-order valence-electron chi connectivity index (χ0n) is 15.0. The largest absolute Gasteiger partial charge is 0.391 e. The summed E-state index contributed by atoms with van der Waals surface area (Å²) in [4.78, 5) is 19.7. The maximum Gasteiger partial charge on any atom is 0.262 e. The van der Waals surface area contributed by atoms with E-state index in [9.17, 15) is 9.90 Å². The second kappa shape index (κ2) is 8.71. The van der Waals surface area contributed by atoms with Gasteiger partial charge in [0.05, 0.1) is 30.2 Å². The Morgan fingerprint density at radius 1 is 1.35 bits per heavy atom. The highest BCUT2D eigenvalue weighted by Crippen LogP contribution is 2.23. The van der Waals surface area contributed by atoms with Crippen molar-refractivity contribution in [3.63, 3.8) is 0 Å². The molecule has 2 aromatic rings. The average Bonchev–Trinajstić information content (AvgIpc) is 2.60. The van der Waals surface area contributed by atoms with Crippen molar-refractivity contribution in [2.75, 3.05) is 38.6 Å². The van der Waals surface area contributed by atoms with Crippen molar-refractivity contribution in [3.05, 3.63) is 33.6 Å². The smallest absolute Gasteiger partial charge is 0.262 e. The van der Waals surface area contributed by atoms with Crippen LogP contribution in [-0.2, 0) is 4.74 Å². The Balaban J connectivity index is 1.79. The van der Waals surface area contributed by atoms with Gasteiger partial charge in [0.25, 0.3) is 5.56 Å². The summed E-state index contributed by atoms with van der Waals surface area (Å²) in [5.41, 5.74) is 0.511. The molecule has 2 heterocycles. The molecule has 1 fully saturated rings. The van der Waals surface area contributed by atoms with Gasteiger partial charge in [-0.3, -0.25) is 14.3 Å². The molecule has 0 bridgehead atoms. The van der Waals surface area contributed by atoms with Gasteiger partial charge in [-0.2, -0.15) is 0 Å². The molecular weight excluding hydrogens is 374 g/mol. The van der Waals surface area contributed by atoms with E-state index < -0.39 is 6.10 Å². The predicted octanol–water partition coefficient (Wildman–Crippen LogP) is 2.42. The number of halogens is 1. The maximum absolute atomic E-state index is 12.8. The molecule has 1 saturated heterocycles. The van der Waals surface area contributed by atoms with Crippen molar-refractivity contribution >= 4 is 34.3 Å². The summed E-state index contributed by atoms with van der Waals surface area (Å²) < 4.78 is 7.01. The Morgan fingerprint density at radius 3 is 2.77 bits per heavy atom. The lowest BCUT2D eigenvalue weighted by atomic mass is 10.2. The number of aliphatic hydroxyl groups excluding tert-OH is 1. The molecule has 1 aliphatic rings. The fourth-order valence-corrected chi connectivity index (χ4v) is 4.22. The summed E-state index contributed by atoms with van der Waals surface area (Å²) in [7, 11) is 0. The topological polar surface area (TPSA) is 67.6 Å². The molecule has 0 radical (unpaired) electrons. The van der Waals surface area contributed by atoms with Crippen molar-refractivity contribution in [2.24, 2.45) is 0 Å². The normalized spacial score (nSPS) is 17.1. The van der Waals surface area contributed by atoms with E-state index in [-0.39, 0.29) is 11.6 Å². The SMILES string of the molecule is CC(C)n1c(SC[C@@H](O)CN2CCOCC2)nc2cc(Cl)ccc2c1=O. The van der Waals surface area contributed by atoms with Crippen molar-refractivity contribution in [3.8, 4) is 0 Å². The number of β-amino-alcohol motifs (C(OH)–C–C–N with tert-alkyl or cyclic N) is 1. The van der Waals surface area contributed by atoms with Crippen LogP contribution in [0.4, 0.5) is 0 Å². The number of rotatable bonds is 6. The average molecular weight is 398 g/mol. The van der Waals surface area contributed by atoms with Gasteiger partial charge in [0, 0.05) is 36.5 Å². The zero-order chi connectivity index (χ0) is 18.7. The minimum Gasteiger partial charge on any atom is -0.391 e. The third kappa shape index (κ3) is 4.58. The molecule has 0 saturated carbocycles. The van der Waals surface area contributed by atoms with E-state index in [4.69, 9.17) is 16.3 Å². The van der Waals surface area contributed by atoms with Crippen LogP contribution in [0, 0.1) is 0 Å². The highest BCUT2D eigenvalue weighted by molar-refractivity contribution is 7.99. The third-order valence-electron chi connectivity index (χ3n) is 4.33. The quantitative estimate of drug-likeness (QED) is 0.596. The summed E-state index contributed by atoms with van der Waals surface area (Å²) in [6.07, 6.45) is -0.495. The standard InChI is InChI=1S/C18H24ClN3O3S/c1-12(2)22-17(24)15-4-3-13(19)9-16(15)20-18(22)26-11-14(23)10-21-5-7-25-8-6-21/h3-4,9,12,14,23H,5-8,10-11H2,1-2H3/t14-/m0/s1. The van der Waals surface area contributed by atoms with E-state index in [0.717, 1.165) is 13.1 Å². The van der Waals surface area contributed by atoms with E-state index in [2.05, 4.69) is 9.88 Å². The van der Waals surface area contributed by atoms with Gasteiger partial charge in [-0.15, -0.1) is 0 Å². The minimum absolute atomic E-state index is 0.0195. The summed E-state index contributed by atoms with van der Waals surface area (Å²) in [5, 5.41) is 12.1. The molecule has 1 aromatic heterocycles. The van der Waals surface area contributed by atoms with Crippen LogP contribution >= 0.6 is 23.4 Å². The highest BCUT2D eigenvalue weighted by Gasteiger charge is 2.18. The van der Waals surface area contributed by atoms with Crippen LogP contribution in [0.3, 0.4) is 0 Å². The predicted molar refractivity (Wildman–Crippen MR) is 105 cm³/mol. The molecule has 1 N–H and O–H groups in total. The monoisotopic (exact) mass is 397 g/mol. The van der Waals surface area contributed by atoms with Crippen LogP contribution < -0.4 is 5.56 Å². The molecule has 6 nitrogen and oxygen atoms in total. The molecule has 1 aromatic carbocycles. The van der Waals surface area contributed by atoms with E-state index >= 15 is 0 Å². The van der Waals surface area contributed by atoms with E-state index in [1.165, 1.54) is 11.8 Å². The van der Waals surface area contributed by atoms with E-state index in [1.54, 1.807) is 22.8 Å². The molecule has 1 aliphatic heterocycles. The van der Waals surface area contributed by atoms with Crippen LogP contribution in [0.25, 0.3) is 10.9 Å². The first-order chi connectivity index (χ1) is 12.5. The molecule has 0 unspecified atom stereocenters. The van der Waals surface area contributed by atoms with Crippen LogP contribution in [0.15, 0.2) is 28.2 Å². The molecule has 3 rings (SSSR count).